The molecule has 2 heterocycles. The van der Waals surface area contributed by atoms with Crippen LogP contribution in [0.4, 0.5) is 0 Å². The minimum absolute atomic E-state index is 0.155. The maximum absolute atomic E-state index is 10.6. The first-order valence-corrected chi connectivity index (χ1v) is 10.3. The zero-order valence-corrected chi connectivity index (χ0v) is 14.6. The second-order valence-corrected chi connectivity index (χ2v) is 8.44. The fourth-order valence-electron chi connectivity index (χ4n) is 2.70. The van der Waals surface area contributed by atoms with E-state index in [1.165, 1.54) is 48.7 Å². The maximum Gasteiger partial charge on any atom is 0.306 e. The summed E-state index contributed by atoms with van der Waals surface area (Å²) >= 11 is 4.00. The zero-order chi connectivity index (χ0) is 15.5. The van der Waals surface area contributed by atoms with Gasteiger partial charge in [-0.3, -0.25) is 4.79 Å². The summed E-state index contributed by atoms with van der Waals surface area (Å²) in [4.78, 5) is 20.6. The molecule has 2 fully saturated rings. The number of hydrogen-bond acceptors (Lipinski definition) is 4. The van der Waals surface area contributed by atoms with E-state index in [0.717, 1.165) is 19.1 Å². The molecule has 0 bridgehead atoms. The van der Waals surface area contributed by atoms with E-state index in [-0.39, 0.29) is 5.92 Å². The van der Waals surface area contributed by atoms with E-state index >= 15 is 0 Å². The third kappa shape index (κ3) is 8.77. The number of hydrogen-bond donors (Lipinski definition) is 1. The van der Waals surface area contributed by atoms with Gasteiger partial charge in [-0.05, 0) is 67.0 Å². The number of rotatable bonds is 5. The number of aliphatic carboxylic acids is 1. The first-order valence-electron chi connectivity index (χ1n) is 7.95. The summed E-state index contributed by atoms with van der Waals surface area (Å²) in [5, 5.41) is 8.71. The third-order valence-electron chi connectivity index (χ3n) is 4.22. The van der Waals surface area contributed by atoms with E-state index in [4.69, 9.17) is 5.11 Å². The highest BCUT2D eigenvalue weighted by Gasteiger charge is 2.20. The van der Waals surface area contributed by atoms with Crippen molar-refractivity contribution < 1.29 is 14.7 Å². The Labute approximate surface area is 137 Å². The van der Waals surface area contributed by atoms with Crippen molar-refractivity contribution in [3.05, 3.63) is 0 Å². The number of carboxylic acids is 1. The molecule has 1 unspecified atom stereocenters. The minimum atomic E-state index is -0.645. The molecule has 0 aromatic rings. The van der Waals surface area contributed by atoms with Crippen LogP contribution >= 0.6 is 23.5 Å². The van der Waals surface area contributed by atoms with Crippen molar-refractivity contribution in [1.82, 2.24) is 0 Å². The van der Waals surface area contributed by atoms with E-state index in [9.17, 15) is 9.59 Å². The Morgan fingerprint density at radius 3 is 2.00 bits per heavy atom. The van der Waals surface area contributed by atoms with Gasteiger partial charge >= 0.3 is 5.97 Å². The van der Waals surface area contributed by atoms with Crippen LogP contribution in [0.3, 0.4) is 0 Å². The highest BCUT2D eigenvalue weighted by Crippen LogP contribution is 2.28. The van der Waals surface area contributed by atoms with Gasteiger partial charge in [0.1, 0.15) is 6.29 Å². The zero-order valence-electron chi connectivity index (χ0n) is 13.0. The molecule has 0 aromatic heterocycles. The largest absolute Gasteiger partial charge is 0.481 e. The summed E-state index contributed by atoms with van der Waals surface area (Å²) in [7, 11) is 0. The lowest BCUT2D eigenvalue weighted by Gasteiger charge is -2.22. The number of carbonyl (C=O) groups is 2. The third-order valence-corrected chi connectivity index (χ3v) is 6.32. The highest BCUT2D eigenvalue weighted by molar-refractivity contribution is 7.99. The summed E-state index contributed by atoms with van der Waals surface area (Å²) in [6.07, 6.45) is 7.65. The smallest absolute Gasteiger partial charge is 0.306 e. The molecule has 3 nitrogen and oxygen atoms in total. The molecule has 0 saturated carbocycles. The summed E-state index contributed by atoms with van der Waals surface area (Å²) in [6.45, 7) is 1.81. The molecule has 2 saturated heterocycles. The Hall–Kier alpha value is -0.160. The quantitative estimate of drug-likeness (QED) is 0.772. The summed E-state index contributed by atoms with van der Waals surface area (Å²) in [5.74, 6) is 5.54. The van der Waals surface area contributed by atoms with E-state index < -0.39 is 5.97 Å². The first kappa shape index (κ1) is 18.9. The molecule has 5 heteroatoms. The second kappa shape index (κ2) is 11.4. The lowest BCUT2D eigenvalue weighted by molar-refractivity contribution is -0.141. The van der Waals surface area contributed by atoms with Crippen LogP contribution < -0.4 is 0 Å². The summed E-state index contributed by atoms with van der Waals surface area (Å²) in [5.41, 5.74) is 0. The lowest BCUT2D eigenvalue weighted by Crippen LogP contribution is -2.18. The van der Waals surface area contributed by atoms with Crippen molar-refractivity contribution in [2.24, 2.45) is 17.8 Å². The fraction of sp³-hybridized carbons (Fsp3) is 0.875. The molecule has 2 aliphatic heterocycles. The van der Waals surface area contributed by atoms with Crippen LogP contribution in [0.25, 0.3) is 0 Å². The van der Waals surface area contributed by atoms with Crippen LogP contribution in [0.1, 0.15) is 45.4 Å². The topological polar surface area (TPSA) is 54.4 Å². The van der Waals surface area contributed by atoms with Crippen molar-refractivity contribution >= 4 is 35.8 Å². The van der Waals surface area contributed by atoms with Crippen molar-refractivity contribution in [3.63, 3.8) is 0 Å². The molecule has 122 valence electrons. The molecular weight excluding hydrogens is 304 g/mol. The molecule has 1 atom stereocenters. The van der Waals surface area contributed by atoms with E-state index in [1.54, 1.807) is 0 Å². The molecule has 2 rings (SSSR count). The van der Waals surface area contributed by atoms with Gasteiger partial charge in [0.05, 0.1) is 5.92 Å². The van der Waals surface area contributed by atoms with Gasteiger partial charge in [0.25, 0.3) is 0 Å². The number of carboxylic acid groups (broad SMARTS) is 1. The molecule has 21 heavy (non-hydrogen) atoms. The Morgan fingerprint density at radius 2 is 1.57 bits per heavy atom. The molecule has 0 amide bonds. The first-order chi connectivity index (χ1) is 10.1. The fourth-order valence-corrected chi connectivity index (χ4v) is 5.11. The van der Waals surface area contributed by atoms with Gasteiger partial charge in [0, 0.05) is 6.42 Å². The van der Waals surface area contributed by atoms with Gasteiger partial charge in [-0.25, -0.2) is 0 Å². The van der Waals surface area contributed by atoms with Gasteiger partial charge in [-0.1, -0.05) is 6.92 Å². The van der Waals surface area contributed by atoms with Crippen LogP contribution in [0.5, 0.6) is 0 Å². The number of thioether (sulfide) groups is 2. The molecule has 0 radical (unpaired) electrons. The van der Waals surface area contributed by atoms with Crippen molar-refractivity contribution in [2.45, 2.75) is 45.4 Å². The monoisotopic (exact) mass is 332 g/mol. The Kier molecular flexibility index (Phi) is 10.3. The molecule has 1 N–H and O–H groups in total. The van der Waals surface area contributed by atoms with Crippen molar-refractivity contribution in [3.8, 4) is 0 Å². The number of carbonyl (C=O) groups excluding carboxylic acids is 1. The van der Waals surface area contributed by atoms with E-state index in [2.05, 4.69) is 0 Å². The van der Waals surface area contributed by atoms with Gasteiger partial charge < -0.3 is 9.90 Å². The molecule has 0 aliphatic carbocycles. The standard InChI is InChI=1S/C9H16O2S.C7H12OS/c1-7(9(10)11)6-8-2-4-12-5-3-8;8-4-1-7-2-5-9-6-3-7/h7-8H,2-6H2,1H3,(H,10,11);4,7H,1-3,5-6H2. The Bertz CT molecular complexity index is 298. The SMILES string of the molecule is CC(CC1CCSCC1)C(=O)O.O=CCC1CCSCC1. The van der Waals surface area contributed by atoms with Crippen LogP contribution in [0.2, 0.25) is 0 Å². The number of aldehydes is 1. The van der Waals surface area contributed by atoms with Crippen LogP contribution in [-0.4, -0.2) is 40.4 Å². The van der Waals surface area contributed by atoms with Crippen LogP contribution in [0, 0.1) is 17.8 Å². The summed E-state index contributed by atoms with van der Waals surface area (Å²) < 4.78 is 0. The average molecular weight is 333 g/mol. The van der Waals surface area contributed by atoms with Gasteiger partial charge in [0.15, 0.2) is 0 Å². The van der Waals surface area contributed by atoms with Crippen LogP contribution in [-0.2, 0) is 9.59 Å². The Balaban J connectivity index is 0.000000219. The minimum Gasteiger partial charge on any atom is -0.481 e. The molecule has 0 aromatic carbocycles. The highest BCUT2D eigenvalue weighted by atomic mass is 32.2. The van der Waals surface area contributed by atoms with Crippen molar-refractivity contribution in [1.29, 1.82) is 0 Å². The normalized spacial score (nSPS) is 22.0. The molecular formula is C16H28O3S2. The van der Waals surface area contributed by atoms with Crippen LogP contribution in [0.15, 0.2) is 0 Å². The lowest BCUT2D eigenvalue weighted by atomic mass is 9.91. The Morgan fingerprint density at radius 1 is 1.10 bits per heavy atom. The maximum atomic E-state index is 10.6. The second-order valence-electron chi connectivity index (χ2n) is 5.99. The van der Waals surface area contributed by atoms with Gasteiger partial charge in [-0.15, -0.1) is 0 Å². The van der Waals surface area contributed by atoms with Gasteiger partial charge in [-0.2, -0.15) is 23.5 Å². The van der Waals surface area contributed by atoms with Gasteiger partial charge in [0.2, 0.25) is 0 Å². The predicted octanol–water partition coefficient (Wildman–Crippen LogP) is 3.96. The summed E-state index contributed by atoms with van der Waals surface area (Å²) in [6, 6.07) is 0. The van der Waals surface area contributed by atoms with E-state index in [1.807, 2.05) is 30.4 Å². The average Bonchev–Trinajstić information content (AvgIpc) is 2.50. The molecule has 0 spiro atoms. The van der Waals surface area contributed by atoms with E-state index in [0.29, 0.717) is 11.8 Å². The predicted molar refractivity (Wildman–Crippen MR) is 92.2 cm³/mol. The molecule has 2 aliphatic rings. The van der Waals surface area contributed by atoms with Crippen molar-refractivity contribution in [2.75, 3.05) is 23.0 Å².